The number of nitrogens with two attached hydrogens (primary N) is 1. The second-order valence-electron chi connectivity index (χ2n) is 4.50. The van der Waals surface area contributed by atoms with Crippen molar-refractivity contribution in [2.24, 2.45) is 0 Å². The molecule has 0 atom stereocenters. The average molecular weight is 290 g/mol. The molecular formula is C15H16ClN3O. The van der Waals surface area contributed by atoms with E-state index in [0.29, 0.717) is 22.9 Å². The monoisotopic (exact) mass is 289 g/mol. The molecule has 5 heteroatoms. The van der Waals surface area contributed by atoms with Gasteiger partial charge in [-0.15, -0.1) is 0 Å². The number of hydrogen-bond acceptors (Lipinski definition) is 2. The highest BCUT2D eigenvalue weighted by Crippen LogP contribution is 2.16. The molecule has 0 unspecified atom stereocenters. The van der Waals surface area contributed by atoms with Crippen molar-refractivity contribution in [3.63, 3.8) is 0 Å². The Labute approximate surface area is 123 Å². The van der Waals surface area contributed by atoms with E-state index < -0.39 is 0 Å². The number of nitrogens with one attached hydrogen (secondary N) is 1. The van der Waals surface area contributed by atoms with Crippen molar-refractivity contribution in [2.45, 2.75) is 6.54 Å². The van der Waals surface area contributed by atoms with Crippen LogP contribution in [0.4, 0.5) is 16.2 Å². The predicted octanol–water partition coefficient (Wildman–Crippen LogP) is 3.59. The standard InChI is InChI=1S/C15H16ClN3O/c1-19(10-11-5-2-3-8-14(11)17)15(20)18-13-7-4-6-12(16)9-13/h2-9H,10,17H2,1H3,(H,18,20). The number of hydrogen-bond donors (Lipinski definition) is 2. The molecule has 0 fully saturated rings. The maximum Gasteiger partial charge on any atom is 0.321 e. The van der Waals surface area contributed by atoms with Gasteiger partial charge in [0, 0.05) is 30.0 Å². The molecule has 2 rings (SSSR count). The van der Waals surface area contributed by atoms with Crippen LogP contribution in [0, 0.1) is 0 Å². The quantitative estimate of drug-likeness (QED) is 0.849. The fourth-order valence-corrected chi connectivity index (χ4v) is 1.98. The third-order valence-corrected chi connectivity index (χ3v) is 3.12. The van der Waals surface area contributed by atoms with Gasteiger partial charge in [0.1, 0.15) is 0 Å². The van der Waals surface area contributed by atoms with Gasteiger partial charge in [-0.2, -0.15) is 0 Å². The Morgan fingerprint density at radius 1 is 1.25 bits per heavy atom. The summed E-state index contributed by atoms with van der Waals surface area (Å²) in [6.45, 7) is 0.444. The van der Waals surface area contributed by atoms with Crippen LogP contribution < -0.4 is 11.1 Å². The molecule has 3 N–H and O–H groups in total. The average Bonchev–Trinajstić information content (AvgIpc) is 2.41. The normalized spacial score (nSPS) is 10.1. The first-order chi connectivity index (χ1) is 9.56. The van der Waals surface area contributed by atoms with Gasteiger partial charge in [-0.05, 0) is 29.8 Å². The third-order valence-electron chi connectivity index (χ3n) is 2.89. The van der Waals surface area contributed by atoms with Crippen LogP contribution in [0.1, 0.15) is 5.56 Å². The zero-order valence-corrected chi connectivity index (χ0v) is 11.9. The fraction of sp³-hybridized carbons (Fsp3) is 0.133. The van der Waals surface area contributed by atoms with Crippen molar-refractivity contribution in [2.75, 3.05) is 18.1 Å². The summed E-state index contributed by atoms with van der Waals surface area (Å²) in [6, 6.07) is 14.3. The number of nitrogen functional groups attached to an aromatic ring is 1. The highest BCUT2D eigenvalue weighted by Gasteiger charge is 2.10. The highest BCUT2D eigenvalue weighted by atomic mass is 35.5. The number of benzene rings is 2. The highest BCUT2D eigenvalue weighted by molar-refractivity contribution is 6.30. The SMILES string of the molecule is CN(Cc1ccccc1N)C(=O)Nc1cccc(Cl)c1. The summed E-state index contributed by atoms with van der Waals surface area (Å²) in [5, 5.41) is 3.37. The Morgan fingerprint density at radius 3 is 2.70 bits per heavy atom. The van der Waals surface area contributed by atoms with E-state index in [9.17, 15) is 4.79 Å². The number of anilines is 2. The van der Waals surface area contributed by atoms with E-state index in [0.717, 1.165) is 5.56 Å². The first-order valence-corrected chi connectivity index (χ1v) is 6.55. The van der Waals surface area contributed by atoms with Crippen LogP contribution >= 0.6 is 11.6 Å². The van der Waals surface area contributed by atoms with Gasteiger partial charge in [0.25, 0.3) is 0 Å². The van der Waals surface area contributed by atoms with Crippen LogP contribution in [-0.4, -0.2) is 18.0 Å². The number of nitrogens with zero attached hydrogens (tertiary/aromatic N) is 1. The number of para-hydroxylation sites is 1. The van der Waals surface area contributed by atoms with Gasteiger partial charge < -0.3 is 16.0 Å². The molecule has 0 bridgehead atoms. The summed E-state index contributed by atoms with van der Waals surface area (Å²) >= 11 is 5.88. The minimum atomic E-state index is -0.212. The number of carbonyl (C=O) groups is 1. The van der Waals surface area contributed by atoms with E-state index in [2.05, 4.69) is 5.32 Å². The predicted molar refractivity (Wildman–Crippen MR) is 82.8 cm³/mol. The van der Waals surface area contributed by atoms with Crippen molar-refractivity contribution >= 4 is 29.0 Å². The van der Waals surface area contributed by atoms with Gasteiger partial charge in [0.05, 0.1) is 0 Å². The summed E-state index contributed by atoms with van der Waals surface area (Å²) in [6.07, 6.45) is 0. The van der Waals surface area contributed by atoms with Gasteiger partial charge in [-0.3, -0.25) is 0 Å². The van der Waals surface area contributed by atoms with Gasteiger partial charge >= 0.3 is 6.03 Å². The van der Waals surface area contributed by atoms with Crippen LogP contribution in [0.25, 0.3) is 0 Å². The van der Waals surface area contributed by atoms with E-state index in [4.69, 9.17) is 17.3 Å². The van der Waals surface area contributed by atoms with E-state index >= 15 is 0 Å². The molecule has 0 spiro atoms. The summed E-state index contributed by atoms with van der Waals surface area (Å²) < 4.78 is 0. The molecule has 0 aliphatic heterocycles. The van der Waals surface area contributed by atoms with Crippen molar-refractivity contribution < 1.29 is 4.79 Å². The molecule has 0 heterocycles. The molecule has 0 aliphatic rings. The summed E-state index contributed by atoms with van der Waals surface area (Å²) in [7, 11) is 1.71. The molecule has 20 heavy (non-hydrogen) atoms. The minimum Gasteiger partial charge on any atom is -0.398 e. The molecule has 104 valence electrons. The fourth-order valence-electron chi connectivity index (χ4n) is 1.79. The molecule has 2 amide bonds. The zero-order chi connectivity index (χ0) is 14.5. The maximum atomic E-state index is 12.1. The van der Waals surface area contributed by atoms with Gasteiger partial charge in [0.2, 0.25) is 0 Å². The lowest BCUT2D eigenvalue weighted by Gasteiger charge is -2.19. The summed E-state index contributed by atoms with van der Waals surface area (Å²) in [4.78, 5) is 13.6. The van der Waals surface area contributed by atoms with Gasteiger partial charge in [0.15, 0.2) is 0 Å². The maximum absolute atomic E-state index is 12.1. The molecule has 0 aliphatic carbocycles. The number of halogens is 1. The number of amides is 2. The second kappa shape index (κ2) is 6.30. The Kier molecular flexibility index (Phi) is 4.48. The molecule has 4 nitrogen and oxygen atoms in total. The topological polar surface area (TPSA) is 58.4 Å². The molecule has 2 aromatic rings. The minimum absolute atomic E-state index is 0.212. The van der Waals surface area contributed by atoms with Crippen LogP contribution in [0.5, 0.6) is 0 Å². The Hall–Kier alpha value is -2.20. The van der Waals surface area contributed by atoms with Crippen molar-refractivity contribution in [3.05, 3.63) is 59.1 Å². The molecule has 2 aromatic carbocycles. The third kappa shape index (κ3) is 3.65. The molecular weight excluding hydrogens is 274 g/mol. The van der Waals surface area contributed by atoms with Crippen LogP contribution in [-0.2, 0) is 6.54 Å². The van der Waals surface area contributed by atoms with Crippen LogP contribution in [0.3, 0.4) is 0 Å². The van der Waals surface area contributed by atoms with E-state index in [1.54, 1.807) is 36.2 Å². The van der Waals surface area contributed by atoms with Crippen molar-refractivity contribution in [1.29, 1.82) is 0 Å². The van der Waals surface area contributed by atoms with Gasteiger partial charge in [-0.25, -0.2) is 4.79 Å². The van der Waals surface area contributed by atoms with E-state index in [1.807, 2.05) is 24.3 Å². The number of rotatable bonds is 3. The van der Waals surface area contributed by atoms with Crippen LogP contribution in [0.15, 0.2) is 48.5 Å². The Bertz CT molecular complexity index is 616. The lowest BCUT2D eigenvalue weighted by atomic mass is 10.2. The lowest BCUT2D eigenvalue weighted by Crippen LogP contribution is -2.31. The van der Waals surface area contributed by atoms with E-state index in [-0.39, 0.29) is 6.03 Å². The molecule has 0 saturated heterocycles. The second-order valence-corrected chi connectivity index (χ2v) is 4.93. The molecule has 0 saturated carbocycles. The van der Waals surface area contributed by atoms with Crippen LogP contribution in [0.2, 0.25) is 5.02 Å². The number of urea groups is 1. The van der Waals surface area contributed by atoms with Crippen molar-refractivity contribution in [3.8, 4) is 0 Å². The Morgan fingerprint density at radius 2 is 2.00 bits per heavy atom. The summed E-state index contributed by atoms with van der Waals surface area (Å²) in [5.74, 6) is 0. The van der Waals surface area contributed by atoms with Gasteiger partial charge in [-0.1, -0.05) is 35.9 Å². The molecule has 0 radical (unpaired) electrons. The number of carbonyl (C=O) groups excluding carboxylic acids is 1. The molecule has 0 aromatic heterocycles. The zero-order valence-electron chi connectivity index (χ0n) is 11.1. The van der Waals surface area contributed by atoms with Crippen molar-refractivity contribution in [1.82, 2.24) is 4.90 Å². The smallest absolute Gasteiger partial charge is 0.321 e. The first kappa shape index (κ1) is 14.2. The lowest BCUT2D eigenvalue weighted by molar-refractivity contribution is 0.221. The largest absolute Gasteiger partial charge is 0.398 e. The Balaban J connectivity index is 2.01. The first-order valence-electron chi connectivity index (χ1n) is 6.17. The van der Waals surface area contributed by atoms with E-state index in [1.165, 1.54) is 0 Å². The summed E-state index contributed by atoms with van der Waals surface area (Å²) in [5.41, 5.74) is 8.12.